The third kappa shape index (κ3) is 4.08. The fourth-order valence-electron chi connectivity index (χ4n) is 3.25. The Morgan fingerprint density at radius 1 is 1.29 bits per heavy atom. The number of hydrogen-bond acceptors (Lipinski definition) is 6. The van der Waals surface area contributed by atoms with Gasteiger partial charge in [0.15, 0.2) is 11.2 Å². The van der Waals surface area contributed by atoms with Gasteiger partial charge in [-0.2, -0.15) is 0 Å². The monoisotopic (exact) mass is 388 g/mol. The molecule has 3 rings (SSSR count). The summed E-state index contributed by atoms with van der Waals surface area (Å²) in [6, 6.07) is 3.52. The van der Waals surface area contributed by atoms with Crippen molar-refractivity contribution in [1.82, 2.24) is 18.7 Å². The summed E-state index contributed by atoms with van der Waals surface area (Å²) in [5, 5.41) is 0. The Morgan fingerprint density at radius 2 is 2.07 bits per heavy atom. The van der Waals surface area contributed by atoms with Crippen LogP contribution in [0, 0.1) is 0 Å². The fourth-order valence-corrected chi connectivity index (χ4v) is 3.25. The molecule has 1 atom stereocenters. The molecule has 0 aromatic carbocycles. The fraction of sp³-hybridized carbons (Fsp3) is 0.474. The zero-order valence-corrected chi connectivity index (χ0v) is 16.3. The molecule has 9 nitrogen and oxygen atoms in total. The average Bonchev–Trinajstić information content (AvgIpc) is 3.27. The van der Waals surface area contributed by atoms with Crippen LogP contribution in [0.5, 0.6) is 0 Å². The predicted molar refractivity (Wildman–Crippen MR) is 102 cm³/mol. The lowest BCUT2D eigenvalue weighted by atomic mass is 10.2. The van der Waals surface area contributed by atoms with Gasteiger partial charge in [0.2, 0.25) is 0 Å². The molecule has 3 aromatic heterocycles. The number of fused-ring (bicyclic) bond motifs is 1. The van der Waals surface area contributed by atoms with Crippen LogP contribution < -0.4 is 11.2 Å². The highest BCUT2D eigenvalue weighted by Crippen LogP contribution is 2.10. The Balaban J connectivity index is 1.85. The maximum absolute atomic E-state index is 13.0. The molecule has 0 radical (unpaired) electrons. The number of imidazole rings is 1. The normalized spacial score (nSPS) is 12.4. The van der Waals surface area contributed by atoms with Crippen molar-refractivity contribution >= 4 is 17.1 Å². The summed E-state index contributed by atoms with van der Waals surface area (Å²) in [6.07, 6.45) is 4.88. The minimum atomic E-state index is -0.416. The lowest BCUT2D eigenvalue weighted by Crippen LogP contribution is -2.40. The molecule has 0 saturated carbocycles. The zero-order chi connectivity index (χ0) is 20.3. The van der Waals surface area contributed by atoms with Crippen LogP contribution in [0.2, 0.25) is 0 Å². The molecule has 9 heteroatoms. The number of ether oxygens (including phenoxy) is 1. The highest BCUT2D eigenvalue weighted by atomic mass is 16.5. The Labute approximate surface area is 161 Å². The van der Waals surface area contributed by atoms with Gasteiger partial charge in [0, 0.05) is 20.5 Å². The molecule has 1 unspecified atom stereocenters. The van der Waals surface area contributed by atoms with Crippen LogP contribution in [0.15, 0.2) is 38.7 Å². The molecule has 3 aromatic rings. The van der Waals surface area contributed by atoms with Crippen LogP contribution in [0.4, 0.5) is 0 Å². The molecule has 0 spiro atoms. The first kappa shape index (κ1) is 19.7. The van der Waals surface area contributed by atoms with Gasteiger partial charge in [-0.3, -0.25) is 18.7 Å². The summed E-state index contributed by atoms with van der Waals surface area (Å²) in [5.74, 6) is 0.292. The smallest absolute Gasteiger partial charge is 0.333 e. The molecule has 0 N–H and O–H groups in total. The molecule has 0 aliphatic carbocycles. The van der Waals surface area contributed by atoms with E-state index in [0.717, 1.165) is 6.42 Å². The average molecular weight is 388 g/mol. The molecule has 0 fully saturated rings. The topological polar surface area (TPSA) is 101 Å². The summed E-state index contributed by atoms with van der Waals surface area (Å²) >= 11 is 0. The van der Waals surface area contributed by atoms with Gasteiger partial charge in [0.25, 0.3) is 5.56 Å². The number of unbranched alkanes of at least 4 members (excludes halogenated alkanes) is 1. The Kier molecular flexibility index (Phi) is 5.81. The number of rotatable bonds is 8. The summed E-state index contributed by atoms with van der Waals surface area (Å²) in [6.45, 7) is 3.68. The number of esters is 1. The molecule has 0 aliphatic heterocycles. The molecule has 0 saturated heterocycles. The molecule has 3 heterocycles. The largest absolute Gasteiger partial charge is 0.467 e. The van der Waals surface area contributed by atoms with Gasteiger partial charge >= 0.3 is 11.7 Å². The molecular formula is C19H24N4O5. The summed E-state index contributed by atoms with van der Waals surface area (Å²) < 4.78 is 14.8. The summed E-state index contributed by atoms with van der Waals surface area (Å²) in [4.78, 5) is 41.0. The molecule has 0 bridgehead atoms. The maximum atomic E-state index is 13.0. The van der Waals surface area contributed by atoms with Crippen LogP contribution in [0.25, 0.3) is 11.2 Å². The second-order valence-corrected chi connectivity index (χ2v) is 6.85. The van der Waals surface area contributed by atoms with Gasteiger partial charge in [-0.15, -0.1) is 0 Å². The number of hydrogen-bond donors (Lipinski definition) is 0. The van der Waals surface area contributed by atoms with Crippen molar-refractivity contribution < 1.29 is 13.9 Å². The first-order chi connectivity index (χ1) is 13.4. The molecule has 28 heavy (non-hydrogen) atoms. The van der Waals surface area contributed by atoms with Crippen molar-refractivity contribution in [2.24, 2.45) is 7.05 Å². The standard InChI is InChI=1S/C19H24N4O5/c1-13(28-14(2)24)7-4-5-9-22-18(25)16-17(20-12-21(16)3)23(19(22)26)11-15-8-6-10-27-15/h6,8,10,12-13H,4-5,7,9,11H2,1-3H3. The number of nitrogens with zero attached hydrogens (tertiary/aromatic N) is 4. The van der Waals surface area contributed by atoms with E-state index in [1.165, 1.54) is 28.6 Å². The first-order valence-corrected chi connectivity index (χ1v) is 9.22. The minimum Gasteiger partial charge on any atom is -0.467 e. The van der Waals surface area contributed by atoms with Crippen molar-refractivity contribution in [2.45, 2.75) is 52.3 Å². The lowest BCUT2D eigenvalue weighted by Gasteiger charge is -2.13. The highest BCUT2D eigenvalue weighted by molar-refractivity contribution is 5.70. The van der Waals surface area contributed by atoms with E-state index >= 15 is 0 Å². The van der Waals surface area contributed by atoms with Crippen LogP contribution in [0.1, 0.15) is 38.9 Å². The third-order valence-electron chi connectivity index (χ3n) is 4.59. The van der Waals surface area contributed by atoms with Crippen molar-refractivity contribution in [1.29, 1.82) is 0 Å². The van der Waals surface area contributed by atoms with Crippen molar-refractivity contribution in [3.05, 3.63) is 51.3 Å². The first-order valence-electron chi connectivity index (χ1n) is 9.22. The van der Waals surface area contributed by atoms with Gasteiger partial charge in [0.05, 0.1) is 25.2 Å². The number of carbonyl (C=O) groups is 1. The van der Waals surface area contributed by atoms with Gasteiger partial charge < -0.3 is 13.7 Å². The lowest BCUT2D eigenvalue weighted by molar-refractivity contribution is -0.145. The van der Waals surface area contributed by atoms with Crippen molar-refractivity contribution in [3.8, 4) is 0 Å². The number of furan rings is 1. The van der Waals surface area contributed by atoms with Gasteiger partial charge in [-0.05, 0) is 38.3 Å². The quantitative estimate of drug-likeness (QED) is 0.430. The van der Waals surface area contributed by atoms with Crippen LogP contribution in [0.3, 0.4) is 0 Å². The summed E-state index contributed by atoms with van der Waals surface area (Å²) in [7, 11) is 1.73. The number of aryl methyl sites for hydroxylation is 1. The maximum Gasteiger partial charge on any atom is 0.333 e. The Hall–Kier alpha value is -3.10. The summed E-state index contributed by atoms with van der Waals surface area (Å²) in [5.41, 5.74) is -0.0579. The van der Waals surface area contributed by atoms with Crippen molar-refractivity contribution in [3.63, 3.8) is 0 Å². The zero-order valence-electron chi connectivity index (χ0n) is 16.3. The van der Waals surface area contributed by atoms with Gasteiger partial charge in [-0.25, -0.2) is 9.78 Å². The van der Waals surface area contributed by atoms with Crippen LogP contribution in [-0.2, 0) is 29.7 Å². The number of carbonyl (C=O) groups excluding carboxylic acids is 1. The number of aromatic nitrogens is 4. The van der Waals surface area contributed by atoms with E-state index < -0.39 is 5.69 Å². The minimum absolute atomic E-state index is 0.190. The molecule has 150 valence electrons. The molecule has 0 aliphatic rings. The highest BCUT2D eigenvalue weighted by Gasteiger charge is 2.17. The van der Waals surface area contributed by atoms with E-state index in [1.807, 2.05) is 6.92 Å². The Morgan fingerprint density at radius 3 is 2.75 bits per heavy atom. The van der Waals surface area contributed by atoms with E-state index in [1.54, 1.807) is 23.7 Å². The SMILES string of the molecule is CC(=O)OC(C)CCCCn1c(=O)c2c(ncn2C)n(Cc2ccco2)c1=O. The van der Waals surface area contributed by atoms with E-state index in [0.29, 0.717) is 29.8 Å². The second kappa shape index (κ2) is 8.28. The third-order valence-corrected chi connectivity index (χ3v) is 4.59. The Bertz CT molecular complexity index is 1070. The van der Waals surface area contributed by atoms with E-state index in [9.17, 15) is 14.4 Å². The molecular weight excluding hydrogens is 364 g/mol. The predicted octanol–water partition coefficient (Wildman–Crippen LogP) is 1.66. The van der Waals surface area contributed by atoms with E-state index in [2.05, 4.69) is 4.98 Å². The van der Waals surface area contributed by atoms with Crippen LogP contribution >= 0.6 is 0 Å². The van der Waals surface area contributed by atoms with Gasteiger partial charge in [0.1, 0.15) is 5.76 Å². The molecule has 0 amide bonds. The van der Waals surface area contributed by atoms with E-state index in [4.69, 9.17) is 9.15 Å². The van der Waals surface area contributed by atoms with Crippen molar-refractivity contribution in [2.75, 3.05) is 0 Å². The second-order valence-electron chi connectivity index (χ2n) is 6.85. The van der Waals surface area contributed by atoms with Crippen LogP contribution in [-0.4, -0.2) is 30.8 Å². The van der Waals surface area contributed by atoms with Gasteiger partial charge in [-0.1, -0.05) is 0 Å². The van der Waals surface area contributed by atoms with E-state index in [-0.39, 0.29) is 30.7 Å².